The molecule has 0 unspecified atom stereocenters. The third-order valence-corrected chi connectivity index (χ3v) is 4.69. The second-order valence-electron chi connectivity index (χ2n) is 6.80. The van der Waals surface area contributed by atoms with Gasteiger partial charge in [-0.1, -0.05) is 26.3 Å². The normalized spacial score (nSPS) is 11.1. The third kappa shape index (κ3) is 3.67. The van der Waals surface area contributed by atoms with Crippen molar-refractivity contribution >= 4 is 11.0 Å². The lowest BCUT2D eigenvalue weighted by molar-refractivity contribution is 0.305. The minimum Gasteiger partial charge on any atom is -0.493 e. The molecule has 3 nitrogen and oxygen atoms in total. The van der Waals surface area contributed by atoms with Crippen LogP contribution in [-0.4, -0.2) is 6.61 Å². The average Bonchev–Trinajstić information content (AvgIpc) is 2.63. The van der Waals surface area contributed by atoms with Gasteiger partial charge < -0.3 is 9.15 Å². The minimum atomic E-state index is -0.00451. The zero-order chi connectivity index (χ0) is 18.7. The summed E-state index contributed by atoms with van der Waals surface area (Å²) in [7, 11) is 0. The van der Waals surface area contributed by atoms with Crippen LogP contribution in [0, 0.1) is 13.8 Å². The van der Waals surface area contributed by atoms with Crippen molar-refractivity contribution in [1.82, 2.24) is 0 Å². The van der Waals surface area contributed by atoms with Gasteiger partial charge in [-0.05, 0) is 67.6 Å². The molecule has 0 fully saturated rings. The number of aryl methyl sites for hydroxylation is 3. The van der Waals surface area contributed by atoms with Gasteiger partial charge in [-0.3, -0.25) is 4.79 Å². The van der Waals surface area contributed by atoms with Crippen LogP contribution in [0.15, 0.2) is 45.6 Å². The first kappa shape index (κ1) is 18.2. The summed E-state index contributed by atoms with van der Waals surface area (Å²) >= 11 is 0. The van der Waals surface area contributed by atoms with E-state index in [9.17, 15) is 4.79 Å². The second kappa shape index (κ2) is 7.77. The van der Waals surface area contributed by atoms with E-state index in [2.05, 4.69) is 13.8 Å². The number of hydrogen-bond donors (Lipinski definition) is 0. The Hall–Kier alpha value is -2.55. The summed E-state index contributed by atoms with van der Waals surface area (Å²) in [5.41, 5.74) is 4.78. The fourth-order valence-corrected chi connectivity index (χ4v) is 3.20. The lowest BCUT2D eigenvalue weighted by atomic mass is 10.0. The highest BCUT2D eigenvalue weighted by Gasteiger charge is 2.12. The molecule has 0 N–H and O–H groups in total. The van der Waals surface area contributed by atoms with Crippen LogP contribution in [0.4, 0.5) is 0 Å². The van der Waals surface area contributed by atoms with Crippen LogP contribution in [-0.2, 0) is 6.42 Å². The van der Waals surface area contributed by atoms with Gasteiger partial charge in [0.1, 0.15) is 17.1 Å². The van der Waals surface area contributed by atoms with Crippen molar-refractivity contribution < 1.29 is 9.15 Å². The molecule has 0 aliphatic rings. The molecule has 0 aliphatic carbocycles. The van der Waals surface area contributed by atoms with Crippen LogP contribution >= 0.6 is 0 Å². The third-order valence-electron chi connectivity index (χ3n) is 4.69. The quantitative estimate of drug-likeness (QED) is 0.526. The first-order valence-electron chi connectivity index (χ1n) is 9.34. The van der Waals surface area contributed by atoms with Crippen LogP contribution in [0.1, 0.15) is 43.4 Å². The van der Waals surface area contributed by atoms with Crippen LogP contribution in [0.5, 0.6) is 5.75 Å². The van der Waals surface area contributed by atoms with E-state index in [-0.39, 0.29) is 5.43 Å². The number of hydrogen-bond acceptors (Lipinski definition) is 3. The molecule has 1 aromatic heterocycles. The van der Waals surface area contributed by atoms with E-state index < -0.39 is 0 Å². The van der Waals surface area contributed by atoms with Crippen molar-refractivity contribution in [1.29, 1.82) is 0 Å². The zero-order valence-corrected chi connectivity index (χ0v) is 16.0. The molecule has 3 aromatic rings. The summed E-state index contributed by atoms with van der Waals surface area (Å²) in [5, 5.41) is 0.640. The van der Waals surface area contributed by atoms with Gasteiger partial charge in [0, 0.05) is 11.6 Å². The Labute approximate surface area is 154 Å². The summed E-state index contributed by atoms with van der Waals surface area (Å²) in [4.78, 5) is 12.6. The maximum atomic E-state index is 12.6. The van der Waals surface area contributed by atoms with Crippen LogP contribution < -0.4 is 10.2 Å². The summed E-state index contributed by atoms with van der Waals surface area (Å²) < 4.78 is 12.0. The van der Waals surface area contributed by atoms with E-state index >= 15 is 0 Å². The fourth-order valence-electron chi connectivity index (χ4n) is 3.20. The molecule has 26 heavy (non-hydrogen) atoms. The molecule has 0 saturated heterocycles. The topological polar surface area (TPSA) is 39.4 Å². The van der Waals surface area contributed by atoms with E-state index in [0.29, 0.717) is 16.7 Å². The number of benzene rings is 2. The van der Waals surface area contributed by atoms with Gasteiger partial charge >= 0.3 is 0 Å². The van der Waals surface area contributed by atoms with Crippen molar-refractivity contribution in [2.75, 3.05) is 6.61 Å². The molecule has 0 spiro atoms. The molecule has 1 heterocycles. The Bertz CT molecular complexity index is 959. The number of unbranched alkanes of at least 4 members (excludes halogenated alkanes) is 1. The monoisotopic (exact) mass is 350 g/mol. The first-order chi connectivity index (χ1) is 12.5. The molecule has 136 valence electrons. The highest BCUT2D eigenvalue weighted by molar-refractivity contribution is 5.79. The standard InChI is InChI=1S/C23H26O3/c1-5-7-10-25-23-15(3)11-18(12-16(23)4)22-14-20(24)19-13-17(6-2)8-9-21(19)26-22/h8-9,11-14H,5-7,10H2,1-4H3. The van der Waals surface area contributed by atoms with Crippen molar-refractivity contribution in [3.8, 4) is 17.1 Å². The molecule has 2 aromatic carbocycles. The summed E-state index contributed by atoms with van der Waals surface area (Å²) in [6.45, 7) is 9.02. The van der Waals surface area contributed by atoms with Gasteiger partial charge in [0.05, 0.1) is 12.0 Å². The van der Waals surface area contributed by atoms with E-state index in [1.54, 1.807) is 6.07 Å². The van der Waals surface area contributed by atoms with E-state index in [0.717, 1.165) is 53.9 Å². The number of fused-ring (bicyclic) bond motifs is 1. The summed E-state index contributed by atoms with van der Waals surface area (Å²) in [6.07, 6.45) is 3.05. The summed E-state index contributed by atoms with van der Waals surface area (Å²) in [5.74, 6) is 1.52. The maximum Gasteiger partial charge on any atom is 0.193 e. The van der Waals surface area contributed by atoms with Crippen LogP contribution in [0.2, 0.25) is 0 Å². The minimum absolute atomic E-state index is 0.00451. The number of ether oxygens (including phenoxy) is 1. The Kier molecular flexibility index (Phi) is 5.46. The molecular weight excluding hydrogens is 324 g/mol. The van der Waals surface area contributed by atoms with Gasteiger partial charge in [0.25, 0.3) is 0 Å². The van der Waals surface area contributed by atoms with Crippen LogP contribution in [0.3, 0.4) is 0 Å². The Morgan fingerprint density at radius 1 is 1.00 bits per heavy atom. The Morgan fingerprint density at radius 3 is 2.38 bits per heavy atom. The zero-order valence-electron chi connectivity index (χ0n) is 16.0. The van der Waals surface area contributed by atoms with E-state index in [4.69, 9.17) is 9.15 Å². The van der Waals surface area contributed by atoms with Gasteiger partial charge in [0.2, 0.25) is 0 Å². The predicted molar refractivity (Wildman–Crippen MR) is 107 cm³/mol. The molecule has 0 aliphatic heterocycles. The molecular formula is C23H26O3. The van der Waals surface area contributed by atoms with Crippen molar-refractivity contribution in [2.45, 2.75) is 47.0 Å². The van der Waals surface area contributed by atoms with E-state index in [1.807, 2.05) is 44.2 Å². The average molecular weight is 350 g/mol. The number of rotatable bonds is 6. The maximum absolute atomic E-state index is 12.6. The van der Waals surface area contributed by atoms with Crippen molar-refractivity contribution in [3.63, 3.8) is 0 Å². The molecule has 3 heteroatoms. The Balaban J connectivity index is 2.02. The highest BCUT2D eigenvalue weighted by atomic mass is 16.5. The van der Waals surface area contributed by atoms with Gasteiger partial charge in [0.15, 0.2) is 5.43 Å². The highest BCUT2D eigenvalue weighted by Crippen LogP contribution is 2.31. The van der Waals surface area contributed by atoms with Gasteiger partial charge in [-0.15, -0.1) is 0 Å². The second-order valence-corrected chi connectivity index (χ2v) is 6.80. The molecule has 0 radical (unpaired) electrons. The molecule has 3 rings (SSSR count). The Morgan fingerprint density at radius 2 is 1.73 bits per heavy atom. The predicted octanol–water partition coefficient (Wildman–Crippen LogP) is 5.82. The molecule has 0 atom stereocenters. The lowest BCUT2D eigenvalue weighted by Gasteiger charge is -2.14. The smallest absolute Gasteiger partial charge is 0.193 e. The largest absolute Gasteiger partial charge is 0.493 e. The molecule has 0 amide bonds. The van der Waals surface area contributed by atoms with Crippen LogP contribution in [0.25, 0.3) is 22.3 Å². The van der Waals surface area contributed by atoms with Crippen molar-refractivity contribution in [3.05, 3.63) is 63.3 Å². The fraction of sp³-hybridized carbons (Fsp3) is 0.348. The SMILES string of the molecule is CCCCOc1c(C)cc(-c2cc(=O)c3cc(CC)ccc3o2)cc1C. The van der Waals surface area contributed by atoms with Crippen molar-refractivity contribution in [2.24, 2.45) is 0 Å². The van der Waals surface area contributed by atoms with Gasteiger partial charge in [-0.25, -0.2) is 0 Å². The first-order valence-corrected chi connectivity index (χ1v) is 9.34. The molecule has 0 saturated carbocycles. The summed E-state index contributed by atoms with van der Waals surface area (Å²) in [6, 6.07) is 11.5. The molecule has 0 bridgehead atoms. The van der Waals surface area contributed by atoms with Gasteiger partial charge in [-0.2, -0.15) is 0 Å². The lowest BCUT2D eigenvalue weighted by Crippen LogP contribution is -2.03. The van der Waals surface area contributed by atoms with E-state index in [1.165, 1.54) is 0 Å².